The SMILES string of the molecule is N=C(/C=C\c1ncc(-c2cc(N3CCC4CCNCC43)ncn2)[nH]1)C(F)F. The van der Waals surface area contributed by atoms with Gasteiger partial charge in [-0.05, 0) is 37.5 Å². The standard InChI is InChI=1S/C18H21F2N7/c19-18(20)12(21)1-2-16-23-8-14(26-16)13-7-17(25-10-24-13)27-6-4-11-3-5-22-9-15(11)27/h1-2,7-8,10-11,15,18,21-22H,3-6,9H2,(H,23,26)/b2-1-,21-12?. The molecule has 0 spiro atoms. The van der Waals surface area contributed by atoms with E-state index in [9.17, 15) is 8.78 Å². The van der Waals surface area contributed by atoms with Gasteiger partial charge in [0.05, 0.1) is 23.3 Å². The number of alkyl halides is 2. The molecule has 0 amide bonds. The topological polar surface area (TPSA) is 93.6 Å². The first-order valence-corrected chi connectivity index (χ1v) is 9.01. The van der Waals surface area contributed by atoms with Crippen LogP contribution < -0.4 is 10.2 Å². The number of halogens is 2. The van der Waals surface area contributed by atoms with Crippen LogP contribution in [0.15, 0.2) is 24.7 Å². The van der Waals surface area contributed by atoms with E-state index >= 15 is 0 Å². The Bertz CT molecular complexity index is 848. The maximum absolute atomic E-state index is 12.4. The smallest absolute Gasteiger partial charge is 0.279 e. The molecule has 27 heavy (non-hydrogen) atoms. The van der Waals surface area contributed by atoms with Gasteiger partial charge in [0.25, 0.3) is 6.43 Å². The summed E-state index contributed by atoms with van der Waals surface area (Å²) in [6, 6.07) is 2.39. The Morgan fingerprint density at radius 1 is 1.30 bits per heavy atom. The number of anilines is 1. The quantitative estimate of drug-likeness (QED) is 0.700. The van der Waals surface area contributed by atoms with E-state index in [2.05, 4.69) is 30.2 Å². The fourth-order valence-corrected chi connectivity index (χ4v) is 3.80. The minimum atomic E-state index is -2.79. The highest BCUT2D eigenvalue weighted by Gasteiger charge is 2.36. The van der Waals surface area contributed by atoms with Crippen LogP contribution in [0.4, 0.5) is 14.6 Å². The number of hydrogen-bond acceptors (Lipinski definition) is 6. The Morgan fingerprint density at radius 2 is 2.19 bits per heavy atom. The Hall–Kier alpha value is -2.68. The van der Waals surface area contributed by atoms with E-state index in [1.807, 2.05) is 6.07 Å². The molecule has 0 bridgehead atoms. The van der Waals surface area contributed by atoms with E-state index in [0.29, 0.717) is 29.2 Å². The Kier molecular flexibility index (Phi) is 4.93. The molecule has 2 unspecified atom stereocenters. The Morgan fingerprint density at radius 3 is 3.04 bits per heavy atom. The maximum Gasteiger partial charge on any atom is 0.279 e. The first kappa shape index (κ1) is 17.7. The molecule has 2 aromatic heterocycles. The van der Waals surface area contributed by atoms with Crippen LogP contribution in [0, 0.1) is 11.3 Å². The van der Waals surface area contributed by atoms with Gasteiger partial charge in [0.1, 0.15) is 18.0 Å². The van der Waals surface area contributed by atoms with Crippen LogP contribution in [0.25, 0.3) is 17.5 Å². The van der Waals surface area contributed by atoms with Gasteiger partial charge in [-0.25, -0.2) is 23.7 Å². The molecule has 0 aliphatic carbocycles. The Balaban J connectivity index is 1.52. The first-order chi connectivity index (χ1) is 13.1. The maximum atomic E-state index is 12.4. The number of hydrogen-bond donors (Lipinski definition) is 3. The number of nitrogens with one attached hydrogen (secondary N) is 3. The second-order valence-electron chi connectivity index (χ2n) is 6.84. The van der Waals surface area contributed by atoms with Crippen LogP contribution in [0.2, 0.25) is 0 Å². The molecule has 4 rings (SSSR count). The third-order valence-corrected chi connectivity index (χ3v) is 5.20. The highest BCUT2D eigenvalue weighted by Crippen LogP contribution is 2.33. The van der Waals surface area contributed by atoms with Gasteiger partial charge in [-0.3, -0.25) is 5.41 Å². The molecular weight excluding hydrogens is 352 g/mol. The lowest BCUT2D eigenvalue weighted by Crippen LogP contribution is -2.46. The van der Waals surface area contributed by atoms with Crippen molar-refractivity contribution in [3.8, 4) is 11.4 Å². The van der Waals surface area contributed by atoms with E-state index in [1.165, 1.54) is 25.2 Å². The molecular formula is C18H21F2N7. The summed E-state index contributed by atoms with van der Waals surface area (Å²) in [5.41, 5.74) is 0.629. The van der Waals surface area contributed by atoms with Crippen molar-refractivity contribution in [1.29, 1.82) is 5.41 Å². The van der Waals surface area contributed by atoms with Gasteiger partial charge < -0.3 is 15.2 Å². The molecule has 9 heteroatoms. The second-order valence-corrected chi connectivity index (χ2v) is 6.84. The summed E-state index contributed by atoms with van der Waals surface area (Å²) in [5, 5.41) is 10.6. The summed E-state index contributed by atoms with van der Waals surface area (Å²) < 4.78 is 24.8. The number of rotatable bonds is 5. The van der Waals surface area contributed by atoms with Crippen LogP contribution in [-0.4, -0.2) is 57.7 Å². The van der Waals surface area contributed by atoms with Gasteiger partial charge >= 0.3 is 0 Å². The van der Waals surface area contributed by atoms with Gasteiger partial charge in [-0.1, -0.05) is 0 Å². The summed E-state index contributed by atoms with van der Waals surface area (Å²) in [6.07, 6.45) is 5.13. The van der Waals surface area contributed by atoms with Crippen molar-refractivity contribution in [3.05, 3.63) is 30.5 Å². The molecule has 142 valence electrons. The molecule has 2 saturated heterocycles. The number of nitrogens with zero attached hydrogens (tertiary/aromatic N) is 4. The van der Waals surface area contributed by atoms with Gasteiger partial charge in [0.15, 0.2) is 0 Å². The number of fused-ring (bicyclic) bond motifs is 1. The summed E-state index contributed by atoms with van der Waals surface area (Å²) in [6.45, 7) is 3.04. The summed E-state index contributed by atoms with van der Waals surface area (Å²) in [7, 11) is 0. The van der Waals surface area contributed by atoms with E-state index < -0.39 is 12.1 Å². The first-order valence-electron chi connectivity index (χ1n) is 9.01. The second kappa shape index (κ2) is 7.51. The van der Waals surface area contributed by atoms with Crippen LogP contribution >= 0.6 is 0 Å². The highest BCUT2D eigenvalue weighted by atomic mass is 19.3. The van der Waals surface area contributed by atoms with Gasteiger partial charge in [-0.2, -0.15) is 0 Å². The zero-order chi connectivity index (χ0) is 18.8. The van der Waals surface area contributed by atoms with Crippen molar-refractivity contribution in [1.82, 2.24) is 25.3 Å². The normalized spacial score (nSPS) is 22.6. The van der Waals surface area contributed by atoms with Crippen molar-refractivity contribution in [2.45, 2.75) is 25.3 Å². The molecule has 2 fully saturated rings. The summed E-state index contributed by atoms with van der Waals surface area (Å²) in [4.78, 5) is 18.3. The molecule has 7 nitrogen and oxygen atoms in total. The predicted octanol–water partition coefficient (Wildman–Crippen LogP) is 2.35. The zero-order valence-corrected chi connectivity index (χ0v) is 14.7. The molecule has 2 aromatic rings. The molecule has 2 aliphatic heterocycles. The predicted molar refractivity (Wildman–Crippen MR) is 99.1 cm³/mol. The van der Waals surface area contributed by atoms with Gasteiger partial charge in [-0.15, -0.1) is 0 Å². The molecule has 3 N–H and O–H groups in total. The summed E-state index contributed by atoms with van der Waals surface area (Å²) >= 11 is 0. The van der Waals surface area contributed by atoms with Crippen molar-refractivity contribution < 1.29 is 8.78 Å². The highest BCUT2D eigenvalue weighted by molar-refractivity contribution is 5.97. The van der Waals surface area contributed by atoms with Crippen LogP contribution in [0.3, 0.4) is 0 Å². The minimum Gasteiger partial charge on any atom is -0.352 e. The number of aromatic nitrogens is 4. The zero-order valence-electron chi connectivity index (χ0n) is 14.7. The van der Waals surface area contributed by atoms with Crippen LogP contribution in [-0.2, 0) is 0 Å². The number of imidazole rings is 1. The van der Waals surface area contributed by atoms with E-state index in [0.717, 1.165) is 31.5 Å². The molecule has 2 atom stereocenters. The number of H-pyrrole nitrogens is 1. The molecule has 0 aromatic carbocycles. The van der Waals surface area contributed by atoms with Crippen molar-refractivity contribution in [3.63, 3.8) is 0 Å². The van der Waals surface area contributed by atoms with E-state index in [-0.39, 0.29) is 0 Å². The average molecular weight is 373 g/mol. The molecule has 2 aliphatic rings. The number of allylic oxidation sites excluding steroid dienone is 1. The lowest BCUT2D eigenvalue weighted by Gasteiger charge is -2.32. The third-order valence-electron chi connectivity index (χ3n) is 5.20. The number of piperidine rings is 1. The van der Waals surface area contributed by atoms with Crippen molar-refractivity contribution in [2.75, 3.05) is 24.5 Å². The van der Waals surface area contributed by atoms with Crippen LogP contribution in [0.1, 0.15) is 18.7 Å². The average Bonchev–Trinajstić information content (AvgIpc) is 3.33. The lowest BCUT2D eigenvalue weighted by molar-refractivity contribution is 0.226. The largest absolute Gasteiger partial charge is 0.352 e. The third kappa shape index (κ3) is 3.73. The van der Waals surface area contributed by atoms with E-state index in [1.54, 1.807) is 6.20 Å². The monoisotopic (exact) mass is 373 g/mol. The van der Waals surface area contributed by atoms with E-state index in [4.69, 9.17) is 5.41 Å². The summed E-state index contributed by atoms with van der Waals surface area (Å²) in [5.74, 6) is 1.99. The Labute approximate surface area is 155 Å². The fourth-order valence-electron chi connectivity index (χ4n) is 3.80. The lowest BCUT2D eigenvalue weighted by atomic mass is 9.93. The van der Waals surface area contributed by atoms with Crippen molar-refractivity contribution >= 4 is 17.6 Å². The van der Waals surface area contributed by atoms with Gasteiger partial charge in [0.2, 0.25) is 0 Å². The fraction of sp³-hybridized carbons (Fsp3) is 0.444. The van der Waals surface area contributed by atoms with Crippen LogP contribution in [0.5, 0.6) is 0 Å². The van der Waals surface area contributed by atoms with Gasteiger partial charge in [0, 0.05) is 25.2 Å². The molecule has 0 saturated carbocycles. The molecule has 0 radical (unpaired) electrons. The number of aromatic amines is 1. The molecule has 4 heterocycles. The minimum absolute atomic E-state index is 0.397. The van der Waals surface area contributed by atoms with Crippen molar-refractivity contribution in [2.24, 2.45) is 5.92 Å².